The molecule has 10 heteroatoms. The summed E-state index contributed by atoms with van der Waals surface area (Å²) in [6.45, 7) is 3.48. The van der Waals surface area contributed by atoms with Gasteiger partial charge in [-0.05, 0) is 25.7 Å². The minimum absolute atomic E-state index is 0.0494. The molecule has 0 aliphatic heterocycles. The first-order chi connectivity index (χ1) is 11.1. The van der Waals surface area contributed by atoms with E-state index in [1.54, 1.807) is 13.8 Å². The summed E-state index contributed by atoms with van der Waals surface area (Å²) in [5, 5.41) is 0. The summed E-state index contributed by atoms with van der Waals surface area (Å²) < 4.78 is 54.7. The maximum Gasteiger partial charge on any atom is 0.322 e. The highest BCUT2D eigenvalue weighted by Crippen LogP contribution is 2.08. The van der Waals surface area contributed by atoms with E-state index < -0.39 is 32.2 Å². The van der Waals surface area contributed by atoms with E-state index in [1.165, 1.54) is 0 Å². The molecule has 0 aromatic heterocycles. The van der Waals surface area contributed by atoms with Crippen LogP contribution in [0.25, 0.3) is 0 Å². The predicted octanol–water partition coefficient (Wildman–Crippen LogP) is 1.89. The molecule has 142 valence electrons. The molecule has 8 nitrogen and oxygen atoms in total. The topological polar surface area (TPSA) is 121 Å². The number of hydrogen-bond donors (Lipinski definition) is 0. The van der Waals surface area contributed by atoms with Gasteiger partial charge in [0, 0.05) is 12.8 Å². The molecule has 0 aromatic carbocycles. The molecule has 0 aliphatic rings. The fourth-order valence-electron chi connectivity index (χ4n) is 1.77. The molecule has 24 heavy (non-hydrogen) atoms. The van der Waals surface area contributed by atoms with Crippen molar-refractivity contribution in [3.8, 4) is 0 Å². The van der Waals surface area contributed by atoms with Gasteiger partial charge in [-0.2, -0.15) is 16.8 Å². The van der Waals surface area contributed by atoms with Crippen LogP contribution in [-0.4, -0.2) is 40.3 Å². The number of carbonyl (C=O) groups is 2. The molecule has 0 rings (SSSR count). The standard InChI is InChI=1S/C14H26O8S2/c1-3-9-13(15)21-23(17,18)11-7-5-6-8-12-24(19,20)22-14(16)10-4-2/h3-12H2,1-2H3. The first-order valence-electron chi connectivity index (χ1n) is 8.02. The minimum Gasteiger partial charge on any atom is -0.346 e. The maximum atomic E-state index is 11.5. The molecule has 0 fully saturated rings. The largest absolute Gasteiger partial charge is 0.346 e. The van der Waals surface area contributed by atoms with Crippen LogP contribution in [-0.2, 0) is 38.2 Å². The molecule has 0 N–H and O–H groups in total. The van der Waals surface area contributed by atoms with Crippen LogP contribution in [0, 0.1) is 0 Å². The lowest BCUT2D eigenvalue weighted by Gasteiger charge is -2.06. The Kier molecular flexibility index (Phi) is 10.9. The molecule has 0 atom stereocenters. The van der Waals surface area contributed by atoms with Gasteiger partial charge in [0.25, 0.3) is 0 Å². The molecular formula is C14H26O8S2. The van der Waals surface area contributed by atoms with Crippen LogP contribution in [0.1, 0.15) is 65.2 Å². The Morgan fingerprint density at radius 1 is 0.667 bits per heavy atom. The Hall–Kier alpha value is -1.16. The number of hydrogen-bond acceptors (Lipinski definition) is 8. The zero-order valence-corrected chi connectivity index (χ0v) is 15.8. The number of carbonyl (C=O) groups excluding carboxylic acids is 2. The summed E-state index contributed by atoms with van der Waals surface area (Å²) in [5.74, 6) is -2.11. The van der Waals surface area contributed by atoms with Gasteiger partial charge in [0.2, 0.25) is 0 Å². The summed E-state index contributed by atoms with van der Waals surface area (Å²) in [4.78, 5) is 22.3. The smallest absolute Gasteiger partial charge is 0.322 e. The molecule has 0 spiro atoms. The van der Waals surface area contributed by atoms with E-state index in [9.17, 15) is 26.4 Å². The third-order valence-corrected chi connectivity index (χ3v) is 5.34. The van der Waals surface area contributed by atoms with Crippen LogP contribution >= 0.6 is 0 Å². The minimum atomic E-state index is -3.88. The summed E-state index contributed by atoms with van der Waals surface area (Å²) in [6.07, 6.45) is 2.56. The molecule has 0 bridgehead atoms. The second-order valence-corrected chi connectivity index (χ2v) is 8.73. The van der Waals surface area contributed by atoms with E-state index in [0.29, 0.717) is 25.7 Å². The van der Waals surface area contributed by atoms with Crippen LogP contribution in [0.2, 0.25) is 0 Å². The normalized spacial score (nSPS) is 11.9. The van der Waals surface area contributed by atoms with E-state index in [2.05, 4.69) is 8.37 Å². The van der Waals surface area contributed by atoms with Gasteiger partial charge in [-0.1, -0.05) is 26.7 Å². The van der Waals surface area contributed by atoms with Crippen molar-refractivity contribution >= 4 is 32.2 Å². The first kappa shape index (κ1) is 22.8. The number of unbranched alkanes of at least 4 members (excludes halogenated alkanes) is 3. The monoisotopic (exact) mass is 386 g/mol. The van der Waals surface area contributed by atoms with Crippen LogP contribution in [0.5, 0.6) is 0 Å². The molecular weight excluding hydrogens is 360 g/mol. The highest BCUT2D eigenvalue weighted by molar-refractivity contribution is 7.87. The second kappa shape index (κ2) is 11.4. The van der Waals surface area contributed by atoms with Crippen molar-refractivity contribution < 1.29 is 34.8 Å². The average molecular weight is 386 g/mol. The van der Waals surface area contributed by atoms with Gasteiger partial charge in [0.1, 0.15) is 0 Å². The Morgan fingerprint density at radius 2 is 1.00 bits per heavy atom. The zero-order chi connectivity index (χ0) is 18.6. The van der Waals surface area contributed by atoms with E-state index in [4.69, 9.17) is 0 Å². The lowest BCUT2D eigenvalue weighted by atomic mass is 10.2. The third-order valence-electron chi connectivity index (χ3n) is 2.89. The van der Waals surface area contributed by atoms with E-state index in [0.717, 1.165) is 0 Å². The van der Waals surface area contributed by atoms with Crippen LogP contribution in [0.15, 0.2) is 0 Å². The summed E-state index contributed by atoms with van der Waals surface area (Å²) >= 11 is 0. The highest BCUT2D eigenvalue weighted by Gasteiger charge is 2.17. The maximum absolute atomic E-state index is 11.5. The van der Waals surface area contributed by atoms with Gasteiger partial charge >= 0.3 is 32.2 Å². The Bertz CT molecular complexity index is 538. The predicted molar refractivity (Wildman–Crippen MR) is 88.0 cm³/mol. The molecule has 0 unspecified atom stereocenters. The lowest BCUT2D eigenvalue weighted by Crippen LogP contribution is -2.16. The van der Waals surface area contributed by atoms with Crippen LogP contribution in [0.3, 0.4) is 0 Å². The summed E-state index contributed by atoms with van der Waals surface area (Å²) in [7, 11) is -7.76. The van der Waals surface area contributed by atoms with Gasteiger partial charge in [-0.15, -0.1) is 0 Å². The van der Waals surface area contributed by atoms with Gasteiger partial charge in [0.15, 0.2) is 0 Å². The van der Waals surface area contributed by atoms with Crippen molar-refractivity contribution in [2.75, 3.05) is 11.5 Å². The van der Waals surface area contributed by atoms with Crippen LogP contribution in [0.4, 0.5) is 0 Å². The molecule has 0 radical (unpaired) electrons. The molecule has 0 saturated heterocycles. The van der Waals surface area contributed by atoms with Crippen LogP contribution < -0.4 is 0 Å². The van der Waals surface area contributed by atoms with Crippen molar-refractivity contribution in [3.05, 3.63) is 0 Å². The summed E-state index contributed by atoms with van der Waals surface area (Å²) in [5.41, 5.74) is 0. The molecule has 0 aliphatic carbocycles. The second-order valence-electron chi connectivity index (χ2n) is 5.35. The van der Waals surface area contributed by atoms with Crippen molar-refractivity contribution in [2.24, 2.45) is 0 Å². The van der Waals surface area contributed by atoms with Gasteiger partial charge < -0.3 is 8.37 Å². The third kappa shape index (κ3) is 12.3. The number of rotatable bonds is 13. The molecule has 0 saturated carbocycles. The van der Waals surface area contributed by atoms with Crippen molar-refractivity contribution in [1.82, 2.24) is 0 Å². The fourth-order valence-corrected chi connectivity index (χ4v) is 3.78. The fraction of sp³-hybridized carbons (Fsp3) is 0.857. The van der Waals surface area contributed by atoms with E-state index in [-0.39, 0.29) is 37.2 Å². The molecule has 0 heterocycles. The quantitative estimate of drug-likeness (QED) is 0.347. The van der Waals surface area contributed by atoms with Gasteiger partial charge in [-0.25, -0.2) is 0 Å². The Balaban J connectivity index is 3.94. The highest BCUT2D eigenvalue weighted by atomic mass is 32.2. The Labute approximate surface area is 144 Å². The average Bonchev–Trinajstić information content (AvgIpc) is 2.41. The zero-order valence-electron chi connectivity index (χ0n) is 14.2. The molecule has 0 aromatic rings. The first-order valence-corrected chi connectivity index (χ1v) is 11.2. The SMILES string of the molecule is CCCC(=O)OS(=O)(=O)CCCCCCS(=O)(=O)OC(=O)CCC. The Morgan fingerprint density at radius 3 is 1.29 bits per heavy atom. The van der Waals surface area contributed by atoms with Crippen molar-refractivity contribution in [2.45, 2.75) is 65.2 Å². The van der Waals surface area contributed by atoms with Gasteiger partial charge in [0.05, 0.1) is 11.5 Å². The lowest BCUT2D eigenvalue weighted by molar-refractivity contribution is -0.134. The summed E-state index contributed by atoms with van der Waals surface area (Å²) in [6, 6.07) is 0. The van der Waals surface area contributed by atoms with Gasteiger partial charge in [-0.3, -0.25) is 9.59 Å². The molecule has 0 amide bonds. The van der Waals surface area contributed by atoms with Crippen molar-refractivity contribution in [3.63, 3.8) is 0 Å². The van der Waals surface area contributed by atoms with Crippen molar-refractivity contribution in [1.29, 1.82) is 0 Å². The van der Waals surface area contributed by atoms with E-state index >= 15 is 0 Å². The van der Waals surface area contributed by atoms with E-state index in [1.807, 2.05) is 0 Å².